The first-order valence-electron chi connectivity index (χ1n) is 19.1. The minimum Gasteiger partial charge on any atom is -0.338 e. The first-order valence-corrected chi connectivity index (χ1v) is 19.1. The average molecular weight is 656 g/mol. The molecular formula is C41H61N5O2. The number of unbranched alkanes of at least 4 members (excludes halogenated alkanes) is 1. The molecule has 0 heterocycles. The lowest BCUT2D eigenvalue weighted by Gasteiger charge is -2.48. The predicted octanol–water partition coefficient (Wildman–Crippen LogP) is 5.74. The van der Waals surface area contributed by atoms with E-state index in [4.69, 9.17) is 17.2 Å². The molecule has 2 aromatic rings. The van der Waals surface area contributed by atoms with Gasteiger partial charge in [-0.2, -0.15) is 0 Å². The van der Waals surface area contributed by atoms with Crippen molar-refractivity contribution < 1.29 is 9.59 Å². The highest BCUT2D eigenvalue weighted by Gasteiger charge is 2.63. The van der Waals surface area contributed by atoms with Gasteiger partial charge in [0.1, 0.15) is 0 Å². The molecule has 6 rings (SSSR count). The molecule has 4 fully saturated rings. The summed E-state index contributed by atoms with van der Waals surface area (Å²) in [5.74, 6) is 4.26. The van der Waals surface area contributed by atoms with Crippen molar-refractivity contribution in [2.75, 3.05) is 19.6 Å². The number of rotatable bonds is 14. The van der Waals surface area contributed by atoms with Gasteiger partial charge in [-0.05, 0) is 111 Å². The van der Waals surface area contributed by atoms with E-state index in [0.717, 1.165) is 12.8 Å². The highest BCUT2D eigenvalue weighted by Crippen LogP contribution is 2.67. The van der Waals surface area contributed by atoms with E-state index in [1.165, 1.54) is 36.8 Å². The zero-order valence-corrected chi connectivity index (χ0v) is 29.8. The second-order valence-corrected chi connectivity index (χ2v) is 15.9. The fourth-order valence-corrected chi connectivity index (χ4v) is 11.2. The molecule has 0 radical (unpaired) electrons. The van der Waals surface area contributed by atoms with Crippen LogP contribution >= 0.6 is 0 Å². The normalized spacial score (nSPS) is 33.2. The molecule has 0 spiro atoms. The molecule has 4 aliphatic rings. The van der Waals surface area contributed by atoms with E-state index in [-0.39, 0.29) is 29.8 Å². The SMILES string of the molecule is CCN(C(=O)[C@@H](N)C(C)C)C1C2CC(C3CC4CC3C(c3ccccc3)C4N(CC)C(=O)[C@@H](N)CCCCN)C(C2)C1c1ccccc1. The van der Waals surface area contributed by atoms with E-state index in [0.29, 0.717) is 73.4 Å². The third-order valence-electron chi connectivity index (χ3n) is 13.2. The minimum atomic E-state index is -0.469. The van der Waals surface area contributed by atoms with E-state index >= 15 is 0 Å². The summed E-state index contributed by atoms with van der Waals surface area (Å²) in [4.78, 5) is 32.1. The minimum absolute atomic E-state index is 0.111. The zero-order chi connectivity index (χ0) is 34.1. The summed E-state index contributed by atoms with van der Waals surface area (Å²) < 4.78 is 0. The van der Waals surface area contributed by atoms with Crippen molar-refractivity contribution in [3.63, 3.8) is 0 Å². The molecule has 2 aromatic carbocycles. The van der Waals surface area contributed by atoms with Gasteiger partial charge >= 0.3 is 0 Å². The monoisotopic (exact) mass is 655 g/mol. The van der Waals surface area contributed by atoms with Gasteiger partial charge in [0, 0.05) is 37.0 Å². The summed E-state index contributed by atoms with van der Waals surface area (Å²) in [6.45, 7) is 10.4. The first-order chi connectivity index (χ1) is 23.2. The molecule has 262 valence electrons. The first kappa shape index (κ1) is 35.1. The Morgan fingerprint density at radius 2 is 1.12 bits per heavy atom. The number of benzene rings is 2. The Morgan fingerprint density at radius 1 is 0.688 bits per heavy atom. The molecule has 6 N–H and O–H groups in total. The smallest absolute Gasteiger partial charge is 0.240 e. The largest absolute Gasteiger partial charge is 0.338 e. The molecule has 48 heavy (non-hydrogen) atoms. The second kappa shape index (κ2) is 15.0. The molecule has 7 nitrogen and oxygen atoms in total. The van der Waals surface area contributed by atoms with Gasteiger partial charge in [0.05, 0.1) is 12.1 Å². The molecule has 12 atom stereocenters. The van der Waals surface area contributed by atoms with Gasteiger partial charge in [-0.1, -0.05) is 80.9 Å². The van der Waals surface area contributed by atoms with Gasteiger partial charge in [-0.3, -0.25) is 9.59 Å². The van der Waals surface area contributed by atoms with Crippen LogP contribution in [0, 0.1) is 41.4 Å². The van der Waals surface area contributed by atoms with Crippen LogP contribution in [0.3, 0.4) is 0 Å². The van der Waals surface area contributed by atoms with E-state index in [1.54, 1.807) is 0 Å². The van der Waals surface area contributed by atoms with Crippen LogP contribution in [0.15, 0.2) is 60.7 Å². The van der Waals surface area contributed by atoms with Crippen molar-refractivity contribution in [3.8, 4) is 0 Å². The van der Waals surface area contributed by atoms with E-state index in [1.807, 2.05) is 0 Å². The van der Waals surface area contributed by atoms with E-state index < -0.39 is 12.1 Å². The maximum atomic E-state index is 14.0. The number of nitrogens with two attached hydrogens (primary N) is 3. The number of fused-ring (bicyclic) bond motifs is 4. The van der Waals surface area contributed by atoms with E-state index in [2.05, 4.69) is 98.2 Å². The molecule has 4 bridgehead atoms. The van der Waals surface area contributed by atoms with Crippen molar-refractivity contribution in [2.45, 2.75) is 109 Å². The van der Waals surface area contributed by atoms with Crippen LogP contribution in [0.25, 0.3) is 0 Å². The third-order valence-corrected chi connectivity index (χ3v) is 13.2. The van der Waals surface area contributed by atoms with Gasteiger partial charge in [0.15, 0.2) is 0 Å². The Hall–Kier alpha value is -2.74. The van der Waals surface area contributed by atoms with Gasteiger partial charge < -0.3 is 27.0 Å². The van der Waals surface area contributed by atoms with Crippen LogP contribution in [-0.2, 0) is 9.59 Å². The van der Waals surface area contributed by atoms with Crippen LogP contribution < -0.4 is 17.2 Å². The standard InChI is InChI=1S/C41H61N5O2/c1-5-45(40(47)34(43)19-13-14-20-42)38-28-21-30(32(23-28)35(38)26-15-9-7-10-16-26)31-22-29-24-33(31)36(27-17-11-8-12-18-27)39(29)46(6-2)41(48)37(44)25(3)4/h7-12,15-18,25,28-39H,5-6,13-14,19-24,42-44H2,1-4H3/t28?,29?,30?,31?,32?,33?,34-,35?,36?,37-,38?,39?/m0/s1. The molecule has 0 saturated heterocycles. The number of amides is 2. The van der Waals surface area contributed by atoms with Crippen molar-refractivity contribution in [3.05, 3.63) is 71.8 Å². The summed E-state index contributed by atoms with van der Waals surface area (Å²) in [5, 5.41) is 0. The molecule has 10 unspecified atom stereocenters. The number of nitrogens with zero attached hydrogens (tertiary/aromatic N) is 2. The van der Waals surface area contributed by atoms with Gasteiger partial charge in [0.2, 0.25) is 11.8 Å². The van der Waals surface area contributed by atoms with Crippen molar-refractivity contribution in [2.24, 2.45) is 58.6 Å². The Labute approximate surface area is 289 Å². The molecule has 7 heteroatoms. The molecule has 2 amide bonds. The number of hydrogen-bond acceptors (Lipinski definition) is 5. The quantitative estimate of drug-likeness (QED) is 0.225. The zero-order valence-electron chi connectivity index (χ0n) is 29.8. The molecule has 0 aliphatic heterocycles. The Morgan fingerprint density at radius 3 is 1.54 bits per heavy atom. The molecule has 0 aromatic heterocycles. The predicted molar refractivity (Wildman–Crippen MR) is 194 cm³/mol. The number of carbonyl (C=O) groups excluding carboxylic acids is 2. The summed E-state index contributed by atoms with van der Waals surface area (Å²) in [7, 11) is 0. The van der Waals surface area contributed by atoms with Crippen LogP contribution in [0.5, 0.6) is 0 Å². The van der Waals surface area contributed by atoms with Gasteiger partial charge in [-0.25, -0.2) is 0 Å². The molecule has 4 aliphatic carbocycles. The van der Waals surface area contributed by atoms with E-state index in [9.17, 15) is 9.59 Å². The average Bonchev–Trinajstić information content (AvgIpc) is 3.89. The molecular weight excluding hydrogens is 594 g/mol. The highest BCUT2D eigenvalue weighted by atomic mass is 16.2. The van der Waals surface area contributed by atoms with Crippen LogP contribution in [-0.4, -0.2) is 65.4 Å². The summed E-state index contributed by atoms with van der Waals surface area (Å²) >= 11 is 0. The number of hydrogen-bond donors (Lipinski definition) is 3. The topological polar surface area (TPSA) is 119 Å². The molecule has 4 saturated carbocycles. The summed E-state index contributed by atoms with van der Waals surface area (Å²) in [6.07, 6.45) is 7.20. The summed E-state index contributed by atoms with van der Waals surface area (Å²) in [5.41, 5.74) is 21.5. The van der Waals surface area contributed by atoms with Crippen LogP contribution in [0.4, 0.5) is 0 Å². The maximum Gasteiger partial charge on any atom is 0.240 e. The number of carbonyl (C=O) groups is 2. The Kier molecular flexibility index (Phi) is 11.0. The summed E-state index contributed by atoms with van der Waals surface area (Å²) in [6, 6.07) is 21.5. The lowest BCUT2D eigenvalue weighted by Crippen LogP contribution is -2.55. The van der Waals surface area contributed by atoms with Crippen molar-refractivity contribution in [1.82, 2.24) is 9.80 Å². The van der Waals surface area contributed by atoms with Crippen molar-refractivity contribution >= 4 is 11.8 Å². The Balaban J connectivity index is 1.29. The fourth-order valence-electron chi connectivity index (χ4n) is 11.2. The third kappa shape index (κ3) is 6.35. The van der Waals surface area contributed by atoms with Gasteiger partial charge in [-0.15, -0.1) is 0 Å². The van der Waals surface area contributed by atoms with Crippen LogP contribution in [0.1, 0.15) is 95.6 Å². The lowest BCUT2D eigenvalue weighted by molar-refractivity contribution is -0.138. The second-order valence-electron chi connectivity index (χ2n) is 15.9. The number of likely N-dealkylation sites (N-methyl/N-ethyl adjacent to an activating group) is 2. The lowest BCUT2D eigenvalue weighted by atomic mass is 9.62. The van der Waals surface area contributed by atoms with Crippen LogP contribution in [0.2, 0.25) is 0 Å². The van der Waals surface area contributed by atoms with Gasteiger partial charge in [0.25, 0.3) is 0 Å². The highest BCUT2D eigenvalue weighted by molar-refractivity contribution is 5.83. The van der Waals surface area contributed by atoms with Crippen molar-refractivity contribution in [1.29, 1.82) is 0 Å². The maximum absolute atomic E-state index is 14.0. The fraction of sp³-hybridized carbons (Fsp3) is 0.659. The Bertz CT molecular complexity index is 1370.